The lowest BCUT2D eigenvalue weighted by atomic mass is 10.1. The summed E-state index contributed by atoms with van der Waals surface area (Å²) < 4.78 is 4.33. The third kappa shape index (κ3) is 3.47. The number of aromatic nitrogens is 4. The summed E-state index contributed by atoms with van der Waals surface area (Å²) in [5.41, 5.74) is 9.44. The zero-order valence-corrected chi connectivity index (χ0v) is 22.0. The highest BCUT2D eigenvalue weighted by Crippen LogP contribution is 2.35. The van der Waals surface area contributed by atoms with Crippen LogP contribution in [0.4, 0.5) is 0 Å². The van der Waals surface area contributed by atoms with E-state index in [4.69, 9.17) is 9.97 Å². The van der Waals surface area contributed by atoms with Crippen LogP contribution < -0.4 is 0 Å². The van der Waals surface area contributed by atoms with Crippen molar-refractivity contribution in [2.45, 2.75) is 0 Å². The van der Waals surface area contributed by atoms with E-state index in [1.54, 1.807) is 0 Å². The van der Waals surface area contributed by atoms with E-state index in [-0.39, 0.29) is 0 Å². The summed E-state index contributed by atoms with van der Waals surface area (Å²) in [7, 11) is 0. The molecule has 7 rings (SSSR count). The van der Waals surface area contributed by atoms with E-state index in [0.29, 0.717) is 5.95 Å². The Morgan fingerprint density at radius 3 is 1.10 bits per heavy atom. The number of nitrogens with zero attached hydrogens (tertiary/aromatic N) is 4. The van der Waals surface area contributed by atoms with Gasteiger partial charge in [0, 0.05) is 21.5 Å². The van der Waals surface area contributed by atoms with Gasteiger partial charge in [0.05, 0.1) is 40.1 Å². The largest absolute Gasteiger partial charge is 0.306 e. The van der Waals surface area contributed by atoms with Gasteiger partial charge in [-0.25, -0.2) is 9.97 Å². The van der Waals surface area contributed by atoms with Crippen molar-refractivity contribution in [2.24, 2.45) is 0 Å². The van der Waals surface area contributed by atoms with Crippen LogP contribution in [0.3, 0.4) is 0 Å². The first-order valence-electron chi connectivity index (χ1n) is 13.1. The molecule has 7 aromatic rings. The molecule has 0 atom stereocenters. The molecule has 0 spiro atoms. The number of hydrogen-bond acceptors (Lipinski definition) is 2. The predicted molar refractivity (Wildman–Crippen MR) is 171 cm³/mol. The lowest BCUT2D eigenvalue weighted by Crippen LogP contribution is -2.03. The summed E-state index contributed by atoms with van der Waals surface area (Å²) in [6.07, 6.45) is 11.3. The van der Waals surface area contributed by atoms with Crippen molar-refractivity contribution < 1.29 is 0 Å². The van der Waals surface area contributed by atoms with Crippen molar-refractivity contribution in [2.75, 3.05) is 0 Å². The zero-order chi connectivity index (χ0) is 27.4. The highest BCUT2D eigenvalue weighted by atomic mass is 15.2. The summed E-state index contributed by atoms with van der Waals surface area (Å²) in [4.78, 5) is 9.80. The van der Waals surface area contributed by atoms with Crippen molar-refractivity contribution in [3.63, 3.8) is 0 Å². The normalized spacial score (nSPS) is 11.4. The van der Waals surface area contributed by atoms with Crippen LogP contribution in [0.5, 0.6) is 0 Å². The first kappa shape index (κ1) is 23.6. The first-order chi connectivity index (χ1) is 19.6. The van der Waals surface area contributed by atoms with Crippen molar-refractivity contribution in [1.82, 2.24) is 19.1 Å². The molecule has 40 heavy (non-hydrogen) atoms. The molecule has 0 unspecified atom stereocenters. The van der Waals surface area contributed by atoms with Gasteiger partial charge in [0.15, 0.2) is 0 Å². The molecule has 0 bridgehead atoms. The molecular formula is C36H26N4. The summed E-state index contributed by atoms with van der Waals surface area (Å²) in [6, 6.07) is 25.5. The second-order valence-electron chi connectivity index (χ2n) is 9.83. The van der Waals surface area contributed by atoms with E-state index in [9.17, 15) is 0 Å². The van der Waals surface area contributed by atoms with Gasteiger partial charge >= 0.3 is 0 Å². The van der Waals surface area contributed by atoms with Gasteiger partial charge in [-0.2, -0.15) is 0 Å². The fourth-order valence-electron chi connectivity index (χ4n) is 5.66. The molecule has 190 valence electrons. The van der Waals surface area contributed by atoms with E-state index in [0.717, 1.165) is 71.6 Å². The van der Waals surface area contributed by atoms with Gasteiger partial charge in [0.25, 0.3) is 0 Å². The number of benzene rings is 4. The predicted octanol–water partition coefficient (Wildman–Crippen LogP) is 9.24. The fourth-order valence-corrected chi connectivity index (χ4v) is 5.66. The Bertz CT molecular complexity index is 1880. The van der Waals surface area contributed by atoms with Crippen LogP contribution in [-0.4, -0.2) is 19.1 Å². The molecule has 0 radical (unpaired) electrons. The van der Waals surface area contributed by atoms with Gasteiger partial charge in [0.1, 0.15) is 0 Å². The average molecular weight is 515 g/mol. The molecule has 0 amide bonds. The van der Waals surface area contributed by atoms with Gasteiger partial charge in [-0.1, -0.05) is 74.9 Å². The van der Waals surface area contributed by atoms with Gasteiger partial charge in [-0.3, -0.25) is 4.57 Å². The monoisotopic (exact) mass is 514 g/mol. The molecule has 0 N–H and O–H groups in total. The Balaban J connectivity index is 1.45. The SMILES string of the molecule is C=Cc1ccc2c(c1)c1cc(C=C)ccc1n2-c1cnc(-n2c3ccc(C=C)cc3c3cc(C=C)ccc32)nc1. The molecule has 4 aromatic carbocycles. The van der Waals surface area contributed by atoms with Crippen LogP contribution in [0.2, 0.25) is 0 Å². The molecule has 0 saturated carbocycles. The molecule has 0 fully saturated rings. The zero-order valence-electron chi connectivity index (χ0n) is 22.0. The van der Waals surface area contributed by atoms with E-state index in [1.807, 2.05) is 36.7 Å². The van der Waals surface area contributed by atoms with E-state index < -0.39 is 0 Å². The summed E-state index contributed by atoms with van der Waals surface area (Å²) in [6.45, 7) is 15.8. The van der Waals surface area contributed by atoms with Crippen molar-refractivity contribution >= 4 is 67.9 Å². The quantitative estimate of drug-likeness (QED) is 0.222. The average Bonchev–Trinajstić information content (AvgIpc) is 3.51. The molecule has 4 nitrogen and oxygen atoms in total. The Morgan fingerprint density at radius 1 is 0.450 bits per heavy atom. The number of hydrogen-bond donors (Lipinski definition) is 0. The molecule has 3 heterocycles. The van der Waals surface area contributed by atoms with Crippen LogP contribution >= 0.6 is 0 Å². The van der Waals surface area contributed by atoms with Crippen LogP contribution in [0.25, 0.3) is 79.6 Å². The van der Waals surface area contributed by atoms with Crippen LogP contribution in [-0.2, 0) is 0 Å². The molecule has 0 aliphatic carbocycles. The van der Waals surface area contributed by atoms with Gasteiger partial charge in [0.2, 0.25) is 5.95 Å². The number of rotatable bonds is 6. The van der Waals surface area contributed by atoms with Gasteiger partial charge in [-0.05, 0) is 70.8 Å². The molecule has 3 aromatic heterocycles. The standard InChI is InChI=1S/C36H26N4/c1-5-23-9-13-32-28(17-23)29-18-24(6-2)10-14-33(29)39(32)27-21-37-36(38-22-27)40-34-15-11-25(7-3)19-30(34)31-20-26(8-4)12-16-35(31)40/h5-22H,1-4H2. The van der Waals surface area contributed by atoms with E-state index >= 15 is 0 Å². The van der Waals surface area contributed by atoms with Gasteiger partial charge in [-0.15, -0.1) is 0 Å². The van der Waals surface area contributed by atoms with E-state index in [1.165, 1.54) is 0 Å². The van der Waals surface area contributed by atoms with Gasteiger partial charge < -0.3 is 4.57 Å². The Labute approximate surface area is 232 Å². The molecule has 0 saturated heterocycles. The number of fused-ring (bicyclic) bond motifs is 6. The maximum absolute atomic E-state index is 4.90. The highest BCUT2D eigenvalue weighted by Gasteiger charge is 2.17. The molecule has 4 heteroatoms. The topological polar surface area (TPSA) is 35.6 Å². The second kappa shape index (κ2) is 9.07. The van der Waals surface area contributed by atoms with Crippen LogP contribution in [0.1, 0.15) is 22.3 Å². The fraction of sp³-hybridized carbons (Fsp3) is 0. The Morgan fingerprint density at radius 2 is 0.775 bits per heavy atom. The Kier molecular flexibility index (Phi) is 5.36. The summed E-state index contributed by atoms with van der Waals surface area (Å²) in [5, 5.41) is 4.56. The maximum Gasteiger partial charge on any atom is 0.234 e. The Hall–Kier alpha value is -5.48. The first-order valence-corrected chi connectivity index (χ1v) is 13.1. The second-order valence-corrected chi connectivity index (χ2v) is 9.83. The highest BCUT2D eigenvalue weighted by molar-refractivity contribution is 6.11. The summed E-state index contributed by atoms with van der Waals surface area (Å²) in [5.74, 6) is 0.616. The smallest absolute Gasteiger partial charge is 0.234 e. The van der Waals surface area contributed by atoms with Crippen molar-refractivity contribution in [3.05, 3.63) is 134 Å². The van der Waals surface area contributed by atoms with Crippen molar-refractivity contribution in [3.8, 4) is 11.6 Å². The minimum atomic E-state index is 0.616. The van der Waals surface area contributed by atoms with Crippen molar-refractivity contribution in [1.29, 1.82) is 0 Å². The maximum atomic E-state index is 4.90. The van der Waals surface area contributed by atoms with E-state index in [2.05, 4.69) is 108 Å². The minimum Gasteiger partial charge on any atom is -0.306 e. The molecular weight excluding hydrogens is 488 g/mol. The third-order valence-electron chi connectivity index (χ3n) is 7.65. The minimum absolute atomic E-state index is 0.616. The van der Waals surface area contributed by atoms with Crippen LogP contribution in [0, 0.1) is 0 Å². The third-order valence-corrected chi connectivity index (χ3v) is 7.65. The van der Waals surface area contributed by atoms with Crippen LogP contribution in [0.15, 0.2) is 112 Å². The molecule has 0 aliphatic rings. The lowest BCUT2D eigenvalue weighted by Gasteiger charge is -2.10. The molecule has 0 aliphatic heterocycles. The lowest BCUT2D eigenvalue weighted by molar-refractivity contribution is 0.967. The summed E-state index contributed by atoms with van der Waals surface area (Å²) >= 11 is 0.